The van der Waals surface area contributed by atoms with E-state index < -0.39 is 11.4 Å². The van der Waals surface area contributed by atoms with Crippen LogP contribution in [0.4, 0.5) is 5.69 Å². The first-order valence-corrected chi connectivity index (χ1v) is 12.4. The average Bonchev–Trinajstić information content (AvgIpc) is 3.13. The smallest absolute Gasteiger partial charge is 0.358 e. The second kappa shape index (κ2) is 7.39. The Kier molecular flexibility index (Phi) is 4.33. The molecule has 3 heterocycles. The van der Waals surface area contributed by atoms with Gasteiger partial charge in [0.2, 0.25) is 0 Å². The molecule has 0 aromatic heterocycles. The molecule has 1 spiro atoms. The van der Waals surface area contributed by atoms with E-state index in [1.807, 2.05) is 24.3 Å². The molecule has 0 radical (unpaired) electrons. The molecular weight excluding hydrogens is 454 g/mol. The first kappa shape index (κ1) is 21.1. The summed E-state index contributed by atoms with van der Waals surface area (Å²) in [4.78, 5) is 31.4. The third kappa shape index (κ3) is 2.58. The maximum Gasteiger partial charge on any atom is 0.358 e. The lowest BCUT2D eigenvalue weighted by Gasteiger charge is -2.42. The number of anilines is 1. The predicted octanol–water partition coefficient (Wildman–Crippen LogP) is 4.62. The number of ketones is 1. The predicted molar refractivity (Wildman–Crippen MR) is 132 cm³/mol. The second-order valence-corrected chi connectivity index (χ2v) is 9.86. The zero-order chi connectivity index (χ0) is 24.6. The zero-order valence-corrected chi connectivity index (χ0v) is 19.8. The van der Waals surface area contributed by atoms with Gasteiger partial charge in [0.25, 0.3) is 5.78 Å². The van der Waals surface area contributed by atoms with Crippen LogP contribution in [0.25, 0.3) is 5.53 Å². The molecule has 1 unspecified atom stereocenters. The van der Waals surface area contributed by atoms with E-state index in [9.17, 15) is 15.1 Å². The van der Waals surface area contributed by atoms with Crippen molar-refractivity contribution < 1.29 is 23.9 Å². The number of carbonyl (C=O) groups is 2. The van der Waals surface area contributed by atoms with Crippen molar-refractivity contribution >= 4 is 23.2 Å². The molecule has 3 aliphatic heterocycles. The average molecular weight is 478 g/mol. The maximum absolute atomic E-state index is 13.6. The van der Waals surface area contributed by atoms with Crippen LogP contribution in [0.1, 0.15) is 57.9 Å². The number of fused-ring (bicyclic) bond motifs is 7. The summed E-state index contributed by atoms with van der Waals surface area (Å²) >= 11 is 0. The molecule has 0 saturated heterocycles. The number of ether oxygens (including phenoxy) is 2. The van der Waals surface area contributed by atoms with Gasteiger partial charge in [0.1, 0.15) is 17.2 Å². The van der Waals surface area contributed by atoms with Gasteiger partial charge in [0, 0.05) is 54.0 Å². The van der Waals surface area contributed by atoms with Crippen molar-refractivity contribution in [3.63, 3.8) is 0 Å². The Morgan fingerprint density at radius 3 is 2.67 bits per heavy atom. The van der Waals surface area contributed by atoms with E-state index in [2.05, 4.69) is 15.8 Å². The second-order valence-electron chi connectivity index (χ2n) is 9.86. The number of Topliss-reactive ketones (excluding diaryl/α,β-unsaturated/α-hetero) is 1. The van der Waals surface area contributed by atoms with E-state index in [1.54, 1.807) is 18.2 Å². The highest BCUT2D eigenvalue weighted by molar-refractivity contribution is 6.52. The number of carbonyl (C=O) groups excluding carboxylic acids is 2. The molecule has 7 rings (SSSR count). The van der Waals surface area contributed by atoms with Gasteiger partial charge in [-0.1, -0.05) is 24.3 Å². The number of rotatable bonds is 1. The van der Waals surface area contributed by atoms with Gasteiger partial charge in [-0.05, 0) is 55.0 Å². The molecule has 1 aliphatic carbocycles. The molecule has 0 N–H and O–H groups in total. The first-order valence-electron chi connectivity index (χ1n) is 12.4. The van der Waals surface area contributed by atoms with Crippen molar-refractivity contribution in [1.82, 2.24) is 0 Å². The Bertz CT molecular complexity index is 1570. The number of nitrogens with zero attached hydrogens (tertiary/aromatic N) is 3. The lowest BCUT2D eigenvalue weighted by molar-refractivity contribution is -0.131. The topological polar surface area (TPSA) is 92.2 Å². The van der Waals surface area contributed by atoms with E-state index in [4.69, 9.17) is 9.47 Å². The van der Waals surface area contributed by atoms with Crippen LogP contribution in [0.2, 0.25) is 0 Å². The maximum atomic E-state index is 13.6. The quantitative estimate of drug-likeness (QED) is 0.221. The number of hydrogen-bond donors (Lipinski definition) is 0. The van der Waals surface area contributed by atoms with E-state index in [-0.39, 0.29) is 11.5 Å². The fraction of sp³-hybridized carbons (Fsp3) is 0.276. The van der Waals surface area contributed by atoms with Gasteiger partial charge in [0.05, 0.1) is 0 Å². The Hall–Kier alpha value is -4.22. The molecule has 7 heteroatoms. The van der Waals surface area contributed by atoms with Crippen LogP contribution in [-0.2, 0) is 23.1 Å². The molecule has 3 aromatic rings. The lowest BCUT2D eigenvalue weighted by Crippen LogP contribution is -2.42. The van der Waals surface area contributed by atoms with Crippen LogP contribution in [0.3, 0.4) is 0 Å². The summed E-state index contributed by atoms with van der Waals surface area (Å²) in [6.07, 6.45) is 3.88. The highest BCUT2D eigenvalue weighted by Gasteiger charge is 2.62. The fourth-order valence-corrected chi connectivity index (χ4v) is 6.71. The van der Waals surface area contributed by atoms with Crippen LogP contribution < -0.4 is 14.4 Å². The molecule has 3 aromatic carbocycles. The normalized spacial score (nSPS) is 20.6. The summed E-state index contributed by atoms with van der Waals surface area (Å²) in [6.45, 7) is 3.38. The van der Waals surface area contributed by atoms with E-state index in [0.29, 0.717) is 28.4 Å². The minimum atomic E-state index is -1.13. The molecule has 4 aliphatic rings. The van der Waals surface area contributed by atoms with Gasteiger partial charge in [-0.15, -0.1) is 0 Å². The van der Waals surface area contributed by atoms with Crippen molar-refractivity contribution in [3.05, 3.63) is 87.4 Å². The lowest BCUT2D eigenvalue weighted by atomic mass is 9.66. The number of esters is 1. The fourth-order valence-electron chi connectivity index (χ4n) is 6.71. The summed E-state index contributed by atoms with van der Waals surface area (Å²) in [5, 5.41) is 0. The van der Waals surface area contributed by atoms with Crippen molar-refractivity contribution in [1.29, 1.82) is 0 Å². The number of benzene rings is 3. The third-order valence-electron chi connectivity index (χ3n) is 7.95. The van der Waals surface area contributed by atoms with Gasteiger partial charge in [-0.3, -0.25) is 9.59 Å². The van der Waals surface area contributed by atoms with Crippen molar-refractivity contribution in [2.75, 3.05) is 18.0 Å². The van der Waals surface area contributed by atoms with Crippen LogP contribution >= 0.6 is 0 Å². The number of aryl methyl sites for hydroxylation is 1. The van der Waals surface area contributed by atoms with Gasteiger partial charge >= 0.3 is 11.7 Å². The van der Waals surface area contributed by atoms with Crippen LogP contribution in [0, 0.1) is 0 Å². The SMILES string of the molecule is CC(=O)Oc1ccc2c(c1)Oc1c(cc3c4c1CCCN4CCC3)C21C(=[N+]=[N-])C(=O)c2ccccc21. The summed E-state index contributed by atoms with van der Waals surface area (Å²) in [5.74, 6) is 0.811. The summed E-state index contributed by atoms with van der Waals surface area (Å²) in [6, 6.07) is 14.8. The van der Waals surface area contributed by atoms with Crippen molar-refractivity contribution in [3.8, 4) is 17.2 Å². The van der Waals surface area contributed by atoms with Crippen LogP contribution in [0.5, 0.6) is 17.2 Å². The molecular formula is C29H23N3O4. The molecule has 36 heavy (non-hydrogen) atoms. The Morgan fingerprint density at radius 1 is 1.06 bits per heavy atom. The Morgan fingerprint density at radius 2 is 1.86 bits per heavy atom. The molecule has 0 saturated carbocycles. The molecule has 0 bridgehead atoms. The standard InChI is InChI=1S/C29H23N3O4/c1-16(33)35-18-10-11-22-24(15-18)36-27-20-8-5-13-32-12-4-6-17(25(20)32)14-23(27)29(22)21-9-3-2-7-19(21)26(34)28(29)31-30/h2-3,7,9-11,14-15H,4-6,8,12-13H2,1H3. The van der Waals surface area contributed by atoms with Gasteiger partial charge in [0.15, 0.2) is 5.41 Å². The zero-order valence-electron chi connectivity index (χ0n) is 19.8. The highest BCUT2D eigenvalue weighted by Crippen LogP contribution is 2.59. The van der Waals surface area contributed by atoms with E-state index in [1.165, 1.54) is 18.2 Å². The number of hydrogen-bond acceptors (Lipinski definition) is 5. The van der Waals surface area contributed by atoms with Gasteiger partial charge in [-0.2, -0.15) is 4.79 Å². The Labute approximate surface area is 207 Å². The minimum absolute atomic E-state index is 0.0605. The first-order chi connectivity index (χ1) is 17.5. The summed E-state index contributed by atoms with van der Waals surface area (Å²) in [7, 11) is 0. The highest BCUT2D eigenvalue weighted by atomic mass is 16.5. The summed E-state index contributed by atoms with van der Waals surface area (Å²) < 4.78 is 12.0. The Balaban J connectivity index is 1.61. The minimum Gasteiger partial charge on any atom is -0.456 e. The third-order valence-corrected chi connectivity index (χ3v) is 7.95. The van der Waals surface area contributed by atoms with Crippen molar-refractivity contribution in [2.24, 2.45) is 0 Å². The monoisotopic (exact) mass is 477 g/mol. The molecule has 1 atom stereocenters. The molecule has 178 valence electrons. The molecule has 7 nitrogen and oxygen atoms in total. The summed E-state index contributed by atoms with van der Waals surface area (Å²) in [5.41, 5.74) is 15.7. The van der Waals surface area contributed by atoms with Crippen LogP contribution in [-0.4, -0.2) is 35.3 Å². The van der Waals surface area contributed by atoms with Gasteiger partial charge in [-0.25, -0.2) is 0 Å². The van der Waals surface area contributed by atoms with Gasteiger partial charge < -0.3 is 19.9 Å². The van der Waals surface area contributed by atoms with E-state index >= 15 is 0 Å². The van der Waals surface area contributed by atoms with Crippen molar-refractivity contribution in [2.45, 2.75) is 38.0 Å². The largest absolute Gasteiger partial charge is 0.456 e. The van der Waals surface area contributed by atoms with Crippen LogP contribution in [0.15, 0.2) is 48.5 Å². The van der Waals surface area contributed by atoms with E-state index in [0.717, 1.165) is 55.5 Å². The molecule has 0 fully saturated rings. The molecule has 0 amide bonds.